The smallest absolute Gasteiger partial charge is 0.231 e. The molecule has 0 aromatic heterocycles. The molecule has 1 heterocycles. The van der Waals surface area contributed by atoms with E-state index in [0.717, 1.165) is 23.5 Å². The zero-order chi connectivity index (χ0) is 16.6. The molecule has 5 nitrogen and oxygen atoms in total. The fraction of sp³-hybridized carbons (Fsp3) is 0.316. The molecule has 1 aliphatic heterocycles. The van der Waals surface area contributed by atoms with Crippen LogP contribution in [0.1, 0.15) is 17.5 Å². The second-order valence-electron chi connectivity index (χ2n) is 5.70. The summed E-state index contributed by atoms with van der Waals surface area (Å²) in [6.45, 7) is 2.31. The van der Waals surface area contributed by atoms with Crippen LogP contribution < -0.4 is 20.1 Å². The Labute approximate surface area is 142 Å². The van der Waals surface area contributed by atoms with Crippen LogP contribution >= 0.6 is 0 Å². The van der Waals surface area contributed by atoms with E-state index in [1.165, 1.54) is 5.56 Å². The van der Waals surface area contributed by atoms with E-state index >= 15 is 0 Å². The minimum Gasteiger partial charge on any atom is -0.454 e. The number of hydrogen-bond donors (Lipinski definition) is 2. The monoisotopic (exact) mass is 326 g/mol. The molecular weight excluding hydrogens is 304 g/mol. The van der Waals surface area contributed by atoms with Gasteiger partial charge in [-0.2, -0.15) is 0 Å². The van der Waals surface area contributed by atoms with Crippen LogP contribution in [0, 0.1) is 0 Å². The van der Waals surface area contributed by atoms with Crippen LogP contribution in [0.4, 0.5) is 0 Å². The molecule has 0 saturated heterocycles. The van der Waals surface area contributed by atoms with Gasteiger partial charge >= 0.3 is 0 Å². The van der Waals surface area contributed by atoms with Crippen LogP contribution in [0.2, 0.25) is 0 Å². The minimum atomic E-state index is 0.0733. The second-order valence-corrected chi connectivity index (χ2v) is 5.70. The first-order valence-corrected chi connectivity index (χ1v) is 8.21. The van der Waals surface area contributed by atoms with Gasteiger partial charge in [0.1, 0.15) is 0 Å². The topological polar surface area (TPSA) is 59.6 Å². The van der Waals surface area contributed by atoms with Gasteiger partial charge in [-0.25, -0.2) is 0 Å². The summed E-state index contributed by atoms with van der Waals surface area (Å²) in [4.78, 5) is 11.8. The second kappa shape index (κ2) is 8.36. The molecule has 0 bridgehead atoms. The first-order chi connectivity index (χ1) is 11.8. The number of fused-ring (bicyclic) bond motifs is 1. The summed E-state index contributed by atoms with van der Waals surface area (Å²) in [7, 11) is 0. The van der Waals surface area contributed by atoms with Crippen molar-refractivity contribution in [2.45, 2.75) is 19.4 Å². The van der Waals surface area contributed by atoms with Crippen molar-refractivity contribution in [1.82, 2.24) is 10.6 Å². The molecule has 24 heavy (non-hydrogen) atoms. The highest BCUT2D eigenvalue weighted by Crippen LogP contribution is 2.32. The Morgan fingerprint density at radius 3 is 2.67 bits per heavy atom. The molecule has 0 saturated carbocycles. The lowest BCUT2D eigenvalue weighted by Crippen LogP contribution is -2.29. The predicted molar refractivity (Wildman–Crippen MR) is 92.0 cm³/mol. The van der Waals surface area contributed by atoms with Gasteiger partial charge in [0, 0.05) is 26.1 Å². The van der Waals surface area contributed by atoms with E-state index in [4.69, 9.17) is 9.47 Å². The Bertz CT molecular complexity index is 674. The third kappa shape index (κ3) is 4.73. The number of carbonyl (C=O) groups excluding carboxylic acids is 1. The third-order valence-electron chi connectivity index (χ3n) is 3.87. The van der Waals surface area contributed by atoms with Gasteiger partial charge in [-0.3, -0.25) is 4.79 Å². The first-order valence-electron chi connectivity index (χ1n) is 8.21. The summed E-state index contributed by atoms with van der Waals surface area (Å²) in [5.74, 6) is 1.65. The molecule has 3 rings (SSSR count). The van der Waals surface area contributed by atoms with Crippen molar-refractivity contribution in [3.05, 3.63) is 59.7 Å². The van der Waals surface area contributed by atoms with Crippen molar-refractivity contribution in [3.63, 3.8) is 0 Å². The minimum absolute atomic E-state index is 0.0733. The Morgan fingerprint density at radius 2 is 1.79 bits per heavy atom. The lowest BCUT2D eigenvalue weighted by molar-refractivity contribution is -0.120. The highest BCUT2D eigenvalue weighted by Gasteiger charge is 2.12. The molecule has 0 atom stereocenters. The Kier molecular flexibility index (Phi) is 5.69. The van der Waals surface area contributed by atoms with E-state index in [1.54, 1.807) is 0 Å². The molecule has 2 N–H and O–H groups in total. The maximum Gasteiger partial charge on any atom is 0.231 e. The molecule has 2 aromatic rings. The van der Waals surface area contributed by atoms with E-state index in [1.807, 2.05) is 36.4 Å². The fourth-order valence-electron chi connectivity index (χ4n) is 2.56. The third-order valence-corrected chi connectivity index (χ3v) is 3.87. The quantitative estimate of drug-likeness (QED) is 0.731. The summed E-state index contributed by atoms with van der Waals surface area (Å²) in [5, 5.41) is 6.22. The van der Waals surface area contributed by atoms with Gasteiger partial charge in [-0.1, -0.05) is 36.4 Å². The SMILES string of the molecule is O=C(CCNCc1ccc2c(c1)OCO2)NCCc1ccccc1. The fourth-order valence-corrected chi connectivity index (χ4v) is 2.56. The summed E-state index contributed by atoms with van der Waals surface area (Å²) in [6, 6.07) is 16.0. The van der Waals surface area contributed by atoms with Crippen molar-refractivity contribution >= 4 is 5.91 Å². The molecule has 1 amide bonds. The van der Waals surface area contributed by atoms with Crippen LogP contribution in [0.25, 0.3) is 0 Å². The van der Waals surface area contributed by atoms with Gasteiger partial charge in [0.15, 0.2) is 11.5 Å². The Hall–Kier alpha value is -2.53. The number of nitrogens with one attached hydrogen (secondary N) is 2. The average Bonchev–Trinajstić information content (AvgIpc) is 3.07. The first kappa shape index (κ1) is 16.3. The van der Waals surface area contributed by atoms with Gasteiger partial charge in [0.2, 0.25) is 12.7 Å². The predicted octanol–water partition coefficient (Wildman–Crippen LogP) is 2.25. The van der Waals surface area contributed by atoms with E-state index in [0.29, 0.717) is 26.1 Å². The standard InChI is InChI=1S/C19H22N2O3/c22-19(21-11-8-15-4-2-1-3-5-15)9-10-20-13-16-6-7-17-18(12-16)24-14-23-17/h1-7,12,20H,8-11,13-14H2,(H,21,22). The van der Waals surface area contributed by atoms with E-state index < -0.39 is 0 Å². The molecule has 5 heteroatoms. The van der Waals surface area contributed by atoms with Gasteiger partial charge in [0.05, 0.1) is 0 Å². The summed E-state index contributed by atoms with van der Waals surface area (Å²) in [6.07, 6.45) is 1.33. The van der Waals surface area contributed by atoms with Crippen LogP contribution in [0.5, 0.6) is 11.5 Å². The van der Waals surface area contributed by atoms with E-state index in [2.05, 4.69) is 22.8 Å². The summed E-state index contributed by atoms with van der Waals surface area (Å²) < 4.78 is 10.6. The van der Waals surface area contributed by atoms with Gasteiger partial charge < -0.3 is 20.1 Å². The van der Waals surface area contributed by atoms with E-state index in [-0.39, 0.29) is 12.7 Å². The molecule has 2 aromatic carbocycles. The summed E-state index contributed by atoms with van der Waals surface area (Å²) >= 11 is 0. The zero-order valence-corrected chi connectivity index (χ0v) is 13.6. The molecule has 0 radical (unpaired) electrons. The normalized spacial score (nSPS) is 12.2. The van der Waals surface area contributed by atoms with Crippen molar-refractivity contribution < 1.29 is 14.3 Å². The largest absolute Gasteiger partial charge is 0.454 e. The maximum absolute atomic E-state index is 11.8. The molecule has 0 unspecified atom stereocenters. The zero-order valence-electron chi connectivity index (χ0n) is 13.6. The van der Waals surface area contributed by atoms with Gasteiger partial charge in [-0.05, 0) is 29.7 Å². The van der Waals surface area contributed by atoms with Crippen LogP contribution in [-0.2, 0) is 17.8 Å². The number of amides is 1. The number of benzene rings is 2. The molecular formula is C19H22N2O3. The highest BCUT2D eigenvalue weighted by atomic mass is 16.7. The average molecular weight is 326 g/mol. The Morgan fingerprint density at radius 1 is 0.958 bits per heavy atom. The number of ether oxygens (including phenoxy) is 2. The summed E-state index contributed by atoms with van der Waals surface area (Å²) in [5.41, 5.74) is 2.35. The van der Waals surface area contributed by atoms with Crippen LogP contribution in [-0.4, -0.2) is 25.8 Å². The van der Waals surface area contributed by atoms with Crippen molar-refractivity contribution in [2.24, 2.45) is 0 Å². The number of carbonyl (C=O) groups is 1. The number of hydrogen-bond acceptors (Lipinski definition) is 4. The Balaban J connectivity index is 1.29. The van der Waals surface area contributed by atoms with Crippen LogP contribution in [0.3, 0.4) is 0 Å². The maximum atomic E-state index is 11.8. The van der Waals surface area contributed by atoms with Crippen LogP contribution in [0.15, 0.2) is 48.5 Å². The molecule has 1 aliphatic rings. The van der Waals surface area contributed by atoms with Crippen molar-refractivity contribution in [1.29, 1.82) is 0 Å². The lowest BCUT2D eigenvalue weighted by atomic mass is 10.1. The van der Waals surface area contributed by atoms with Crippen molar-refractivity contribution in [3.8, 4) is 11.5 Å². The lowest BCUT2D eigenvalue weighted by Gasteiger charge is -2.07. The van der Waals surface area contributed by atoms with Crippen molar-refractivity contribution in [2.75, 3.05) is 19.9 Å². The number of rotatable bonds is 8. The molecule has 126 valence electrons. The molecule has 0 aliphatic carbocycles. The highest BCUT2D eigenvalue weighted by molar-refractivity contribution is 5.76. The molecule has 0 fully saturated rings. The van der Waals surface area contributed by atoms with Gasteiger partial charge in [-0.15, -0.1) is 0 Å². The molecule has 0 spiro atoms. The van der Waals surface area contributed by atoms with E-state index in [9.17, 15) is 4.79 Å². The van der Waals surface area contributed by atoms with Gasteiger partial charge in [0.25, 0.3) is 0 Å².